The van der Waals surface area contributed by atoms with Crippen molar-refractivity contribution in [3.05, 3.63) is 245 Å². The number of aliphatic carboxylic acids is 6. The van der Waals surface area contributed by atoms with Crippen molar-refractivity contribution in [1.82, 2.24) is 120 Å². The van der Waals surface area contributed by atoms with Crippen LogP contribution in [-0.4, -0.2) is 186 Å². The molecule has 0 saturated carbocycles. The Morgan fingerprint density at radius 3 is 0.794 bits per heavy atom. The number of carboxylic acids is 6. The van der Waals surface area contributed by atoms with E-state index in [1.54, 1.807) is 40.7 Å². The summed E-state index contributed by atoms with van der Waals surface area (Å²) in [5.41, 5.74) is 18.3. The third kappa shape index (κ3) is 24.6. The summed E-state index contributed by atoms with van der Waals surface area (Å²) >= 11 is 29.1. The fourth-order valence-electron chi connectivity index (χ4n) is 13.3. The summed E-state index contributed by atoms with van der Waals surface area (Å²) in [5, 5.41) is 133. The van der Waals surface area contributed by atoms with E-state index in [0.29, 0.717) is 115 Å². The van der Waals surface area contributed by atoms with Crippen LogP contribution in [0.15, 0.2) is 171 Å². The van der Waals surface area contributed by atoms with E-state index in [4.69, 9.17) is 90.3 Å². The van der Waals surface area contributed by atoms with Gasteiger partial charge in [0, 0.05) is 33.4 Å². The van der Waals surface area contributed by atoms with Crippen molar-refractivity contribution in [3.63, 3.8) is 0 Å². The van der Waals surface area contributed by atoms with Gasteiger partial charge in [-0.1, -0.05) is 205 Å². The van der Waals surface area contributed by atoms with E-state index in [2.05, 4.69) is 91.8 Å². The van der Waals surface area contributed by atoms with Crippen LogP contribution in [0.25, 0.3) is 133 Å². The first-order valence-electron chi connectivity index (χ1n) is 40.6. The molecule has 0 aliphatic rings. The van der Waals surface area contributed by atoms with E-state index in [1.807, 2.05) is 200 Å². The van der Waals surface area contributed by atoms with Crippen molar-refractivity contribution in [3.8, 4) is 133 Å². The van der Waals surface area contributed by atoms with Gasteiger partial charge in [-0.15, -0.1) is 61.2 Å². The van der Waals surface area contributed by atoms with Crippen molar-refractivity contribution in [2.45, 2.75) is 122 Å². The number of aromatic nitrogens is 24. The summed E-state index contributed by atoms with van der Waals surface area (Å²) < 4.78 is 25.0. The van der Waals surface area contributed by atoms with Crippen LogP contribution >= 0.6 is 80.4 Å². The molecule has 12 aromatic heterocycles. The first kappa shape index (κ1) is 98.2. The van der Waals surface area contributed by atoms with Crippen LogP contribution in [0.3, 0.4) is 0 Å². The SMILES string of the molecule is Cc1cccc(-c2nnc(-c3c(Cl)c(C)nn3CC(=O)O)o2)c1.Cc1cccc(-c2nnc(-c3c(Cl)c(C)nn3CC(=O)O)o2)c1.Cc1cccc(-c2nnc(-c3c(Cl)c(C)nn3CC(=O)O)s2)c1.Cc1cccc(-c2nnc(-c3c(Cl)c(C)nn3CC(=O)O)s2)c1.Cc1cccc(-c2nnc(-c3cc(C)nn3CC(=O)O)o2)c1.Cc1cccc(-c2nnc(-c3cc(C)nn3CC(=O)O)s2)c1. The second-order valence-corrected chi connectivity index (χ2v) is 34.8. The highest BCUT2D eigenvalue weighted by molar-refractivity contribution is 7.18. The fourth-order valence-corrected chi connectivity index (χ4v) is 16.9. The highest BCUT2D eigenvalue weighted by Gasteiger charge is 2.29. The summed E-state index contributed by atoms with van der Waals surface area (Å²) in [7, 11) is 0. The highest BCUT2D eigenvalue weighted by Crippen LogP contribution is 2.40. The Bertz CT molecular complexity index is 6730. The van der Waals surface area contributed by atoms with Crippen LogP contribution in [0.1, 0.15) is 67.5 Å². The first-order chi connectivity index (χ1) is 64.9. The predicted octanol–water partition coefficient (Wildman–Crippen LogP) is 17.8. The molecule has 0 saturated heterocycles. The normalized spacial score (nSPS) is 10.9. The minimum Gasteiger partial charge on any atom is -0.480 e. The number of halogens is 4. The Balaban J connectivity index is 0.000000138. The van der Waals surface area contributed by atoms with E-state index in [9.17, 15) is 28.8 Å². The topological polar surface area (TPSA) is 525 Å². The average Bonchev–Trinajstić information content (AvgIpc) is 1.63. The largest absolute Gasteiger partial charge is 0.480 e. The summed E-state index contributed by atoms with van der Waals surface area (Å²) in [6, 6.07) is 50.4. The van der Waals surface area contributed by atoms with Crippen molar-refractivity contribution >= 4 is 116 Å². The number of aryl methyl sites for hydroxylation is 12. The number of nitrogens with zero attached hydrogens (tertiary/aromatic N) is 24. The van der Waals surface area contributed by atoms with Crippen LogP contribution < -0.4 is 0 Å². The molecule has 0 spiro atoms. The van der Waals surface area contributed by atoms with Crippen LogP contribution in [0, 0.1) is 83.1 Å². The molecule has 39 nitrogen and oxygen atoms in total. The van der Waals surface area contributed by atoms with Crippen molar-refractivity contribution < 1.29 is 72.7 Å². The Morgan fingerprint density at radius 2 is 0.485 bits per heavy atom. The predicted molar refractivity (Wildman–Crippen MR) is 505 cm³/mol. The van der Waals surface area contributed by atoms with Gasteiger partial charge in [0.2, 0.25) is 17.7 Å². The fraction of sp³-hybridized carbons (Fsp3) is 0.200. The van der Waals surface area contributed by atoms with Gasteiger partial charge in [0.05, 0.1) is 59.9 Å². The molecule has 0 radical (unpaired) electrons. The van der Waals surface area contributed by atoms with Gasteiger partial charge in [-0.05, 0) is 150 Å². The van der Waals surface area contributed by atoms with Crippen LogP contribution in [0.2, 0.25) is 20.1 Å². The summed E-state index contributed by atoms with van der Waals surface area (Å²) in [4.78, 5) is 65.8. The second-order valence-electron chi connectivity index (χ2n) is 30.3. The Hall–Kier alpha value is -15.3. The molecule has 0 amide bonds. The lowest BCUT2D eigenvalue weighted by Gasteiger charge is -2.01. The van der Waals surface area contributed by atoms with Crippen LogP contribution in [0.5, 0.6) is 0 Å². The number of carboxylic acid groups (broad SMARTS) is 6. The molecule has 12 heterocycles. The van der Waals surface area contributed by atoms with E-state index in [-0.39, 0.29) is 56.9 Å². The lowest BCUT2D eigenvalue weighted by Crippen LogP contribution is -2.11. The van der Waals surface area contributed by atoms with E-state index in [0.717, 1.165) is 87.5 Å². The molecule has 0 unspecified atom stereocenters. The third-order valence-corrected chi connectivity index (χ3v) is 23.9. The quantitative estimate of drug-likeness (QED) is 0.0327. The lowest BCUT2D eigenvalue weighted by molar-refractivity contribution is -0.138. The smallest absolute Gasteiger partial charge is 0.325 e. The number of hydrogen-bond donors (Lipinski definition) is 6. The van der Waals surface area contributed by atoms with Crippen molar-refractivity contribution in [2.24, 2.45) is 0 Å². The molecule has 0 aliphatic heterocycles. The molecule has 18 rings (SSSR count). The van der Waals surface area contributed by atoms with Gasteiger partial charge in [0.1, 0.15) is 82.8 Å². The summed E-state index contributed by atoms with van der Waals surface area (Å²) in [5.74, 6) is -4.41. The monoisotopic (exact) mass is 1970 g/mol. The Morgan fingerprint density at radius 1 is 0.257 bits per heavy atom. The number of rotatable bonds is 24. The first-order valence-corrected chi connectivity index (χ1v) is 44.6. The van der Waals surface area contributed by atoms with Crippen molar-refractivity contribution in [2.75, 3.05) is 0 Å². The molecule has 6 aromatic carbocycles. The van der Waals surface area contributed by atoms with E-state index >= 15 is 0 Å². The van der Waals surface area contributed by atoms with Gasteiger partial charge in [0.25, 0.3) is 17.7 Å². The Kier molecular flexibility index (Phi) is 31.4. The standard InChI is InChI=1S/2C15H13ClN4O3.2C15H13ClN4O2S.C15H14N4O3.C15H14N4O2S/c4*1-8-4-3-5-10(6-8)14-17-18-15(23-14)13-12(16)9(2)19-20(13)7-11(21)22;2*1-9-4-3-5-11(6-9)14-16-17-15(22-14)12-7-10(2)18-19(12)8-13(20)21/h4*3-6H,7H2,1-2H3,(H,21,22);2*3-7H,8H2,1-2H3,(H,20,21). The Labute approximate surface area is 804 Å². The van der Waals surface area contributed by atoms with Gasteiger partial charge < -0.3 is 43.9 Å². The molecule has 0 bridgehead atoms. The summed E-state index contributed by atoms with van der Waals surface area (Å²) in [6.07, 6.45) is 0. The maximum absolute atomic E-state index is 11.0. The molecule has 136 heavy (non-hydrogen) atoms. The highest BCUT2D eigenvalue weighted by atomic mass is 35.5. The molecule has 696 valence electrons. The second kappa shape index (κ2) is 43.6. The van der Waals surface area contributed by atoms with Gasteiger partial charge in [-0.2, -0.15) is 30.6 Å². The number of hydrogen-bond acceptors (Lipinski definition) is 30. The van der Waals surface area contributed by atoms with Crippen LogP contribution in [-0.2, 0) is 68.0 Å². The zero-order chi connectivity index (χ0) is 97.6. The molecular formula is C90H80Cl4N24O15S3. The molecule has 0 fully saturated rings. The van der Waals surface area contributed by atoms with Crippen molar-refractivity contribution in [1.29, 1.82) is 0 Å². The molecular weight excluding hydrogens is 1900 g/mol. The van der Waals surface area contributed by atoms with Gasteiger partial charge in [0.15, 0.2) is 15.0 Å². The van der Waals surface area contributed by atoms with Gasteiger partial charge in [-0.25, -0.2) is 23.4 Å². The minimum absolute atomic E-state index is 0.133. The van der Waals surface area contributed by atoms with Gasteiger partial charge in [-0.3, -0.25) is 33.4 Å². The maximum Gasteiger partial charge on any atom is 0.325 e. The molecule has 0 aliphatic carbocycles. The zero-order valence-corrected chi connectivity index (χ0v) is 79.6. The van der Waals surface area contributed by atoms with E-state index in [1.165, 1.54) is 62.1 Å². The van der Waals surface area contributed by atoms with E-state index < -0.39 is 35.8 Å². The molecule has 6 N–H and O–H groups in total. The molecule has 0 atom stereocenters. The van der Waals surface area contributed by atoms with Gasteiger partial charge >= 0.3 is 35.8 Å². The summed E-state index contributed by atoms with van der Waals surface area (Å²) in [6.45, 7) is 20.7. The lowest BCUT2D eigenvalue weighted by atomic mass is 10.1. The zero-order valence-electron chi connectivity index (χ0n) is 74.1. The average molecular weight is 1980 g/mol. The number of benzene rings is 6. The molecule has 46 heteroatoms. The molecule has 18 aromatic rings. The maximum atomic E-state index is 11.0. The number of carbonyl (C=O) groups is 6. The van der Waals surface area contributed by atoms with Crippen LogP contribution in [0.4, 0.5) is 0 Å². The third-order valence-electron chi connectivity index (χ3n) is 19.1. The minimum atomic E-state index is -1.04.